The lowest BCUT2D eigenvalue weighted by Gasteiger charge is -2.36. The van der Waals surface area contributed by atoms with Crippen molar-refractivity contribution < 1.29 is 4.79 Å². The van der Waals surface area contributed by atoms with Crippen molar-refractivity contribution in [3.63, 3.8) is 0 Å². The molecule has 0 N–H and O–H groups in total. The largest absolute Gasteiger partial charge is 0.374 e. The van der Waals surface area contributed by atoms with Gasteiger partial charge in [0.2, 0.25) is 0 Å². The zero-order chi connectivity index (χ0) is 17.9. The highest BCUT2D eigenvalue weighted by Gasteiger charge is 2.24. The van der Waals surface area contributed by atoms with Gasteiger partial charge in [-0.25, -0.2) is 4.99 Å². The summed E-state index contributed by atoms with van der Waals surface area (Å²) in [6.07, 6.45) is 3.55. The second-order valence-corrected chi connectivity index (χ2v) is 7.53. The minimum Gasteiger partial charge on any atom is -0.374 e. The Kier molecular flexibility index (Phi) is 4.80. The third-order valence-electron chi connectivity index (χ3n) is 4.57. The van der Waals surface area contributed by atoms with Crippen LogP contribution in [0.5, 0.6) is 0 Å². The van der Waals surface area contributed by atoms with E-state index < -0.39 is 0 Å². The van der Waals surface area contributed by atoms with Crippen molar-refractivity contribution in [2.75, 3.05) is 26.2 Å². The van der Waals surface area contributed by atoms with Crippen LogP contribution in [0.15, 0.2) is 75.6 Å². The normalized spacial score (nSPS) is 16.7. The van der Waals surface area contributed by atoms with Gasteiger partial charge < -0.3 is 9.80 Å². The number of amidine groups is 1. The molecule has 132 valence electrons. The molecule has 26 heavy (non-hydrogen) atoms. The number of para-hydroxylation sites is 1. The molecule has 0 amide bonds. The first-order valence-corrected chi connectivity index (χ1v) is 9.65. The van der Waals surface area contributed by atoms with Gasteiger partial charge in [-0.1, -0.05) is 42.1 Å². The number of carbonyl (C=O) groups excluding carboxylic acids is 1. The van der Waals surface area contributed by atoms with Gasteiger partial charge in [0.15, 0.2) is 5.78 Å². The first kappa shape index (κ1) is 16.9. The molecule has 0 aliphatic carbocycles. The summed E-state index contributed by atoms with van der Waals surface area (Å²) in [5.74, 6) is 1.14. The quantitative estimate of drug-likeness (QED) is 0.757. The van der Waals surface area contributed by atoms with E-state index in [-0.39, 0.29) is 5.78 Å². The molecule has 0 atom stereocenters. The molecule has 0 unspecified atom stereocenters. The molecule has 2 aromatic carbocycles. The van der Waals surface area contributed by atoms with Crippen LogP contribution >= 0.6 is 11.8 Å². The lowest BCUT2D eigenvalue weighted by atomic mass is 10.1. The van der Waals surface area contributed by atoms with Gasteiger partial charge in [0.05, 0.1) is 5.69 Å². The zero-order valence-corrected chi connectivity index (χ0v) is 15.6. The SMILES string of the molecule is CC(=O)C=CN1CCN(C2=Nc3ccccc3Sc3ccccc32)CC1. The molecular formula is C21H21N3OS. The Morgan fingerprint density at radius 1 is 1.00 bits per heavy atom. The van der Waals surface area contributed by atoms with E-state index in [1.54, 1.807) is 24.8 Å². The van der Waals surface area contributed by atoms with Crippen molar-refractivity contribution in [1.82, 2.24) is 9.80 Å². The summed E-state index contributed by atoms with van der Waals surface area (Å²) in [5.41, 5.74) is 2.23. The maximum Gasteiger partial charge on any atom is 0.154 e. The van der Waals surface area contributed by atoms with Crippen LogP contribution in [0, 0.1) is 0 Å². The fourth-order valence-electron chi connectivity index (χ4n) is 3.20. The standard InChI is InChI=1S/C21H21N3OS/c1-16(25)10-11-23-12-14-24(15-13-23)21-17-6-2-4-8-19(17)26-20-9-5-3-7-18(20)22-21/h2-11H,12-15H2,1H3. The summed E-state index contributed by atoms with van der Waals surface area (Å²) < 4.78 is 0. The third kappa shape index (κ3) is 3.53. The molecule has 1 fully saturated rings. The number of hydrogen-bond donors (Lipinski definition) is 0. The summed E-state index contributed by atoms with van der Waals surface area (Å²) in [5, 5.41) is 0. The smallest absolute Gasteiger partial charge is 0.154 e. The highest BCUT2D eigenvalue weighted by Crippen LogP contribution is 2.40. The van der Waals surface area contributed by atoms with Crippen molar-refractivity contribution in [3.05, 3.63) is 66.4 Å². The molecule has 0 spiro atoms. The molecule has 0 aromatic heterocycles. The summed E-state index contributed by atoms with van der Waals surface area (Å²) in [6.45, 7) is 5.14. The second-order valence-electron chi connectivity index (χ2n) is 6.45. The molecule has 2 aliphatic heterocycles. The van der Waals surface area contributed by atoms with Crippen molar-refractivity contribution >= 4 is 29.1 Å². The van der Waals surface area contributed by atoms with Crippen LogP contribution in [0.4, 0.5) is 5.69 Å². The van der Waals surface area contributed by atoms with Gasteiger partial charge in [0, 0.05) is 47.7 Å². The first-order chi connectivity index (χ1) is 12.7. The summed E-state index contributed by atoms with van der Waals surface area (Å²) in [7, 11) is 0. The zero-order valence-electron chi connectivity index (χ0n) is 14.8. The van der Waals surface area contributed by atoms with Crippen LogP contribution in [0.3, 0.4) is 0 Å². The average Bonchev–Trinajstić information content (AvgIpc) is 2.83. The monoisotopic (exact) mass is 363 g/mol. The van der Waals surface area contributed by atoms with Crippen molar-refractivity contribution in [3.8, 4) is 0 Å². The highest BCUT2D eigenvalue weighted by atomic mass is 32.2. The van der Waals surface area contributed by atoms with Crippen LogP contribution in [0.25, 0.3) is 0 Å². The lowest BCUT2D eigenvalue weighted by molar-refractivity contribution is -0.112. The Morgan fingerprint density at radius 2 is 1.69 bits per heavy atom. The fraction of sp³-hybridized carbons (Fsp3) is 0.238. The van der Waals surface area contributed by atoms with Crippen LogP contribution in [0.1, 0.15) is 12.5 Å². The molecule has 2 heterocycles. The van der Waals surface area contributed by atoms with Crippen LogP contribution in [0.2, 0.25) is 0 Å². The number of hydrogen-bond acceptors (Lipinski definition) is 5. The Hall–Kier alpha value is -2.53. The van der Waals surface area contributed by atoms with E-state index in [9.17, 15) is 4.79 Å². The van der Waals surface area contributed by atoms with Crippen LogP contribution < -0.4 is 0 Å². The van der Waals surface area contributed by atoms with Gasteiger partial charge in [0.1, 0.15) is 5.84 Å². The predicted molar refractivity (Wildman–Crippen MR) is 106 cm³/mol. The lowest BCUT2D eigenvalue weighted by Crippen LogP contribution is -2.47. The van der Waals surface area contributed by atoms with E-state index in [4.69, 9.17) is 4.99 Å². The topological polar surface area (TPSA) is 35.9 Å². The molecule has 2 aromatic rings. The van der Waals surface area contributed by atoms with Gasteiger partial charge in [-0.05, 0) is 31.2 Å². The Bertz CT molecular complexity index is 882. The number of allylic oxidation sites excluding steroid dienone is 1. The molecule has 0 radical (unpaired) electrons. The van der Waals surface area contributed by atoms with Crippen molar-refractivity contribution in [1.29, 1.82) is 0 Å². The van der Waals surface area contributed by atoms with Crippen LogP contribution in [-0.2, 0) is 4.79 Å². The number of rotatable bonds is 2. The molecule has 0 bridgehead atoms. The fourth-order valence-corrected chi connectivity index (χ4v) is 4.22. The summed E-state index contributed by atoms with van der Waals surface area (Å²) >= 11 is 1.78. The highest BCUT2D eigenvalue weighted by molar-refractivity contribution is 7.99. The van der Waals surface area contributed by atoms with Gasteiger partial charge >= 0.3 is 0 Å². The van der Waals surface area contributed by atoms with Crippen molar-refractivity contribution in [2.24, 2.45) is 4.99 Å². The number of aliphatic imine (C=N–C) groups is 1. The molecular weight excluding hydrogens is 342 g/mol. The molecule has 5 heteroatoms. The number of carbonyl (C=O) groups is 1. The Morgan fingerprint density at radius 3 is 2.46 bits per heavy atom. The van der Waals surface area contributed by atoms with Gasteiger partial charge in [0.25, 0.3) is 0 Å². The number of ketones is 1. The Labute approximate surface area is 158 Å². The minimum absolute atomic E-state index is 0.0862. The summed E-state index contributed by atoms with van der Waals surface area (Å²) in [4.78, 5) is 23.2. The van der Waals surface area contributed by atoms with E-state index in [1.165, 1.54) is 15.4 Å². The summed E-state index contributed by atoms with van der Waals surface area (Å²) in [6, 6.07) is 16.8. The van der Waals surface area contributed by atoms with E-state index in [2.05, 4.69) is 52.3 Å². The average molecular weight is 363 g/mol. The molecule has 2 aliphatic rings. The number of fused-ring (bicyclic) bond motifs is 2. The van der Waals surface area contributed by atoms with Crippen molar-refractivity contribution in [2.45, 2.75) is 16.7 Å². The third-order valence-corrected chi connectivity index (χ3v) is 5.71. The predicted octanol–water partition coefficient (Wildman–Crippen LogP) is 3.95. The molecule has 4 rings (SSSR count). The van der Waals surface area contributed by atoms with Gasteiger partial charge in [-0.2, -0.15) is 0 Å². The molecule has 4 nitrogen and oxygen atoms in total. The van der Waals surface area contributed by atoms with E-state index in [0.717, 1.165) is 37.7 Å². The van der Waals surface area contributed by atoms with Gasteiger partial charge in [-0.3, -0.25) is 4.79 Å². The first-order valence-electron chi connectivity index (χ1n) is 8.83. The number of nitrogens with zero attached hydrogens (tertiary/aromatic N) is 3. The van der Waals surface area contributed by atoms with Crippen LogP contribution in [-0.4, -0.2) is 47.6 Å². The maximum atomic E-state index is 11.1. The Balaban J connectivity index is 1.63. The van der Waals surface area contributed by atoms with E-state index in [0.29, 0.717) is 0 Å². The number of benzene rings is 2. The molecule has 1 saturated heterocycles. The van der Waals surface area contributed by atoms with E-state index >= 15 is 0 Å². The molecule has 0 saturated carbocycles. The number of piperazine rings is 1. The maximum absolute atomic E-state index is 11.1. The second kappa shape index (κ2) is 7.38. The van der Waals surface area contributed by atoms with E-state index in [1.807, 2.05) is 12.3 Å². The minimum atomic E-state index is 0.0862. The van der Waals surface area contributed by atoms with Gasteiger partial charge in [-0.15, -0.1) is 0 Å².